The van der Waals surface area contributed by atoms with Gasteiger partial charge in [0, 0.05) is 0 Å². The van der Waals surface area contributed by atoms with E-state index in [4.69, 9.17) is 28.4 Å². The largest absolute Gasteiger partial charge is 0.374 e. The molecule has 4 aromatic carbocycles. The average molecular weight is 650 g/mol. The quantitative estimate of drug-likeness (QED) is 0.109. The number of carbonyl (C=O) groups excluding carboxylic acids is 2. The summed E-state index contributed by atoms with van der Waals surface area (Å²) < 4.78 is 38.5. The van der Waals surface area contributed by atoms with Crippen LogP contribution in [0.5, 0.6) is 0 Å². The number of benzene rings is 4. The van der Waals surface area contributed by atoms with Gasteiger partial charge < -0.3 is 28.4 Å². The molecule has 1 fully saturated rings. The predicted molar refractivity (Wildman–Crippen MR) is 178 cm³/mol. The zero-order valence-electron chi connectivity index (χ0n) is 26.6. The fourth-order valence-electron chi connectivity index (χ4n) is 5.79. The standard InChI is InChI=1S/C39H39NO8/c1-2-22-44-39-36(47-27-40-37(41)31-20-12-13-21-32(31)38(40)42)35(46-25-30-18-10-5-11-19-30)34(45-24-29-16-8-4-9-17-29)33(48-39)26-43-23-28-14-6-3-7-15-28/h2-21,33-36,39H,1,22-27H2/t33-,34-,35+,36-,39-/m1/s1. The maximum atomic E-state index is 13.2. The molecule has 248 valence electrons. The first-order chi connectivity index (χ1) is 23.6. The van der Waals surface area contributed by atoms with E-state index in [1.807, 2.05) is 91.0 Å². The Morgan fingerprint density at radius 1 is 0.604 bits per heavy atom. The fraction of sp³-hybridized carbons (Fsp3) is 0.282. The van der Waals surface area contributed by atoms with Crippen LogP contribution in [-0.4, -0.2) is 67.4 Å². The summed E-state index contributed by atoms with van der Waals surface area (Å²) in [7, 11) is 0. The topological polar surface area (TPSA) is 92.8 Å². The van der Waals surface area contributed by atoms with Crippen LogP contribution in [0.2, 0.25) is 0 Å². The highest BCUT2D eigenvalue weighted by Crippen LogP contribution is 2.32. The van der Waals surface area contributed by atoms with E-state index in [0.717, 1.165) is 21.6 Å². The molecule has 48 heavy (non-hydrogen) atoms. The molecule has 0 aromatic heterocycles. The summed E-state index contributed by atoms with van der Waals surface area (Å²) in [6.07, 6.45) is -2.29. The van der Waals surface area contributed by atoms with Crippen molar-refractivity contribution in [3.05, 3.63) is 156 Å². The van der Waals surface area contributed by atoms with Gasteiger partial charge in [-0.25, -0.2) is 4.90 Å². The van der Waals surface area contributed by atoms with Crippen LogP contribution < -0.4 is 0 Å². The molecule has 2 amide bonds. The maximum Gasteiger partial charge on any atom is 0.263 e. The van der Waals surface area contributed by atoms with Gasteiger partial charge in [-0.3, -0.25) is 9.59 Å². The molecule has 6 rings (SSSR count). The third-order valence-electron chi connectivity index (χ3n) is 8.21. The van der Waals surface area contributed by atoms with E-state index in [1.54, 1.807) is 30.3 Å². The monoisotopic (exact) mass is 649 g/mol. The lowest BCUT2D eigenvalue weighted by Crippen LogP contribution is -2.62. The Morgan fingerprint density at radius 2 is 1.10 bits per heavy atom. The normalized spacial score (nSPS) is 22.1. The highest BCUT2D eigenvalue weighted by Gasteiger charge is 2.50. The fourth-order valence-corrected chi connectivity index (χ4v) is 5.79. The maximum absolute atomic E-state index is 13.2. The molecule has 2 aliphatic rings. The Bertz CT molecular complexity index is 1600. The van der Waals surface area contributed by atoms with Gasteiger partial charge in [-0.1, -0.05) is 109 Å². The number of amides is 2. The van der Waals surface area contributed by atoms with Gasteiger partial charge in [0.15, 0.2) is 6.29 Å². The van der Waals surface area contributed by atoms with Crippen molar-refractivity contribution in [3.8, 4) is 0 Å². The molecule has 5 atom stereocenters. The number of hydrogen-bond acceptors (Lipinski definition) is 8. The molecular formula is C39H39NO8. The molecule has 0 aliphatic carbocycles. The van der Waals surface area contributed by atoms with E-state index in [-0.39, 0.29) is 33.2 Å². The van der Waals surface area contributed by atoms with Crippen LogP contribution >= 0.6 is 0 Å². The molecule has 0 radical (unpaired) electrons. The smallest absolute Gasteiger partial charge is 0.263 e. The molecular weight excluding hydrogens is 610 g/mol. The minimum Gasteiger partial charge on any atom is -0.374 e. The van der Waals surface area contributed by atoms with Gasteiger partial charge in [0.2, 0.25) is 0 Å². The number of fused-ring (bicyclic) bond motifs is 1. The molecule has 0 spiro atoms. The first-order valence-electron chi connectivity index (χ1n) is 16.0. The number of carbonyl (C=O) groups is 2. The summed E-state index contributed by atoms with van der Waals surface area (Å²) in [5.74, 6) is -0.858. The summed E-state index contributed by atoms with van der Waals surface area (Å²) in [5, 5.41) is 0. The van der Waals surface area contributed by atoms with Crippen LogP contribution in [0, 0.1) is 0 Å². The van der Waals surface area contributed by atoms with Crippen LogP contribution in [0.1, 0.15) is 37.4 Å². The van der Waals surface area contributed by atoms with E-state index in [0.29, 0.717) is 17.7 Å². The van der Waals surface area contributed by atoms with Crippen molar-refractivity contribution in [2.24, 2.45) is 0 Å². The van der Waals surface area contributed by atoms with Gasteiger partial charge >= 0.3 is 0 Å². The van der Waals surface area contributed by atoms with Crippen molar-refractivity contribution >= 4 is 11.8 Å². The molecule has 0 saturated carbocycles. The zero-order chi connectivity index (χ0) is 33.1. The Morgan fingerprint density at radius 3 is 1.65 bits per heavy atom. The van der Waals surface area contributed by atoms with E-state index >= 15 is 0 Å². The van der Waals surface area contributed by atoms with Crippen molar-refractivity contribution in [1.82, 2.24) is 4.90 Å². The highest BCUT2D eigenvalue weighted by molar-refractivity contribution is 6.21. The number of imide groups is 1. The number of hydrogen-bond donors (Lipinski definition) is 0. The summed E-state index contributed by atoms with van der Waals surface area (Å²) in [6, 6.07) is 36.2. The lowest BCUT2D eigenvalue weighted by molar-refractivity contribution is -0.327. The molecule has 4 aromatic rings. The van der Waals surface area contributed by atoms with Crippen LogP contribution in [0.3, 0.4) is 0 Å². The van der Waals surface area contributed by atoms with Crippen molar-refractivity contribution in [2.45, 2.75) is 50.5 Å². The van der Waals surface area contributed by atoms with Gasteiger partial charge in [-0.2, -0.15) is 0 Å². The minimum atomic E-state index is -0.958. The predicted octanol–water partition coefficient (Wildman–Crippen LogP) is 5.94. The lowest BCUT2D eigenvalue weighted by atomic mass is 9.98. The summed E-state index contributed by atoms with van der Waals surface area (Å²) in [4.78, 5) is 27.5. The van der Waals surface area contributed by atoms with Crippen molar-refractivity contribution in [1.29, 1.82) is 0 Å². The van der Waals surface area contributed by atoms with Crippen LogP contribution in [0.4, 0.5) is 0 Å². The van der Waals surface area contributed by atoms with Crippen LogP contribution in [0.25, 0.3) is 0 Å². The van der Waals surface area contributed by atoms with Gasteiger partial charge in [0.25, 0.3) is 11.8 Å². The van der Waals surface area contributed by atoms with Crippen LogP contribution in [0.15, 0.2) is 128 Å². The minimum absolute atomic E-state index is 0.163. The Balaban J connectivity index is 1.28. The number of rotatable bonds is 16. The molecule has 2 aliphatic heterocycles. The van der Waals surface area contributed by atoms with Crippen LogP contribution in [-0.2, 0) is 48.2 Å². The van der Waals surface area contributed by atoms with Gasteiger partial charge in [0.1, 0.15) is 31.1 Å². The molecule has 0 bridgehead atoms. The van der Waals surface area contributed by atoms with E-state index < -0.39 is 42.5 Å². The average Bonchev–Trinajstić information content (AvgIpc) is 3.38. The molecule has 9 nitrogen and oxygen atoms in total. The second-order valence-electron chi connectivity index (χ2n) is 11.5. The summed E-state index contributed by atoms with van der Waals surface area (Å²) >= 11 is 0. The third-order valence-corrected chi connectivity index (χ3v) is 8.21. The lowest BCUT2D eigenvalue weighted by Gasteiger charge is -2.46. The molecule has 2 heterocycles. The van der Waals surface area contributed by atoms with Gasteiger partial charge in [0.05, 0.1) is 44.2 Å². The zero-order valence-corrected chi connectivity index (χ0v) is 26.6. The van der Waals surface area contributed by atoms with Gasteiger partial charge in [-0.15, -0.1) is 6.58 Å². The highest BCUT2D eigenvalue weighted by atomic mass is 16.7. The van der Waals surface area contributed by atoms with Crippen molar-refractivity contribution < 1.29 is 38.0 Å². The van der Waals surface area contributed by atoms with Crippen molar-refractivity contribution in [2.75, 3.05) is 19.9 Å². The Hall–Kier alpha value is -4.48. The Kier molecular flexibility index (Phi) is 11.5. The molecule has 1 saturated heterocycles. The first-order valence-corrected chi connectivity index (χ1v) is 16.0. The second kappa shape index (κ2) is 16.6. The van der Waals surface area contributed by atoms with E-state index in [2.05, 4.69) is 6.58 Å². The Labute approximate surface area is 280 Å². The second-order valence-corrected chi connectivity index (χ2v) is 11.5. The van der Waals surface area contributed by atoms with Gasteiger partial charge in [-0.05, 0) is 28.8 Å². The third kappa shape index (κ3) is 8.14. The molecule has 0 unspecified atom stereocenters. The SMILES string of the molecule is C=CCO[C@@H]1O[C@H](COCc2ccccc2)[C@@H](OCc2ccccc2)[C@H](OCc2ccccc2)[C@H]1OCN1C(=O)c2ccccc2C1=O. The number of ether oxygens (including phenoxy) is 6. The molecule has 0 N–H and O–H groups in total. The number of nitrogens with zero attached hydrogens (tertiary/aromatic N) is 1. The van der Waals surface area contributed by atoms with E-state index in [1.165, 1.54) is 0 Å². The summed E-state index contributed by atoms with van der Waals surface area (Å²) in [6.45, 7) is 4.70. The first kappa shape index (κ1) is 33.4. The summed E-state index contributed by atoms with van der Waals surface area (Å²) in [5.41, 5.74) is 3.61. The molecule has 9 heteroatoms. The van der Waals surface area contributed by atoms with E-state index in [9.17, 15) is 9.59 Å². The van der Waals surface area contributed by atoms with Crippen molar-refractivity contribution in [3.63, 3.8) is 0 Å².